The van der Waals surface area contributed by atoms with Crippen LogP contribution in [0.15, 0.2) is 24.3 Å². The average Bonchev–Trinajstić information content (AvgIpc) is 3.39. The van der Waals surface area contributed by atoms with Crippen molar-refractivity contribution in [2.75, 3.05) is 0 Å². The van der Waals surface area contributed by atoms with Crippen molar-refractivity contribution < 1.29 is 4.79 Å². The zero-order valence-corrected chi connectivity index (χ0v) is 15.1. The van der Waals surface area contributed by atoms with E-state index in [-0.39, 0.29) is 0 Å². The van der Waals surface area contributed by atoms with Crippen LogP contribution in [0.3, 0.4) is 0 Å². The molecule has 25 heavy (non-hydrogen) atoms. The van der Waals surface area contributed by atoms with E-state index >= 15 is 0 Å². The van der Waals surface area contributed by atoms with Crippen molar-refractivity contribution in [2.24, 2.45) is 5.92 Å². The maximum Gasteiger partial charge on any atom is 0.223 e. The molecule has 1 amide bonds. The molecular formula is C22H30N2O. The topological polar surface area (TPSA) is 32.3 Å². The quantitative estimate of drug-likeness (QED) is 0.901. The summed E-state index contributed by atoms with van der Waals surface area (Å²) in [5.74, 6) is 1.04. The second kappa shape index (κ2) is 6.42. The second-order valence-corrected chi connectivity index (χ2v) is 8.82. The fourth-order valence-corrected chi connectivity index (χ4v) is 5.70. The van der Waals surface area contributed by atoms with E-state index in [2.05, 4.69) is 34.5 Å². The fourth-order valence-electron chi connectivity index (χ4n) is 5.70. The monoisotopic (exact) mass is 338 g/mol. The molecule has 3 fully saturated rings. The first-order valence-corrected chi connectivity index (χ1v) is 10.4. The van der Waals surface area contributed by atoms with Gasteiger partial charge in [-0.05, 0) is 74.8 Å². The van der Waals surface area contributed by atoms with E-state index in [1.54, 1.807) is 0 Å². The predicted octanol–water partition coefficient (Wildman–Crippen LogP) is 3.98. The van der Waals surface area contributed by atoms with Crippen LogP contribution >= 0.6 is 0 Å². The molecule has 1 N–H and O–H groups in total. The normalized spacial score (nSPS) is 33.8. The number of rotatable bonds is 4. The molecule has 3 unspecified atom stereocenters. The van der Waals surface area contributed by atoms with Crippen molar-refractivity contribution >= 4 is 5.91 Å². The van der Waals surface area contributed by atoms with E-state index in [0.29, 0.717) is 36.0 Å². The molecule has 1 aromatic carbocycles. The molecule has 2 saturated heterocycles. The van der Waals surface area contributed by atoms with Crippen LogP contribution in [0.4, 0.5) is 0 Å². The minimum absolute atomic E-state index is 0.336. The summed E-state index contributed by atoms with van der Waals surface area (Å²) < 4.78 is 0. The molecule has 0 aromatic heterocycles. The van der Waals surface area contributed by atoms with Crippen molar-refractivity contribution in [1.29, 1.82) is 0 Å². The van der Waals surface area contributed by atoms with Crippen LogP contribution in [0.5, 0.6) is 0 Å². The lowest BCUT2D eigenvalue weighted by Gasteiger charge is -2.38. The Bertz CT molecular complexity index is 641. The van der Waals surface area contributed by atoms with E-state index in [0.717, 1.165) is 12.8 Å². The minimum atomic E-state index is 0.336. The zero-order chi connectivity index (χ0) is 16.8. The van der Waals surface area contributed by atoms with Gasteiger partial charge >= 0.3 is 0 Å². The molecule has 0 radical (unpaired) electrons. The molecule has 4 aliphatic rings. The van der Waals surface area contributed by atoms with Gasteiger partial charge < -0.3 is 10.2 Å². The fraction of sp³-hybridized carbons (Fsp3) is 0.682. The Balaban J connectivity index is 1.34. The van der Waals surface area contributed by atoms with Gasteiger partial charge in [-0.3, -0.25) is 4.79 Å². The highest BCUT2D eigenvalue weighted by atomic mass is 16.2. The molecule has 1 aromatic rings. The number of benzene rings is 1. The lowest BCUT2D eigenvalue weighted by Crippen LogP contribution is -2.42. The maximum atomic E-state index is 13.3. The molecule has 3 heteroatoms. The van der Waals surface area contributed by atoms with Gasteiger partial charge in [-0.25, -0.2) is 0 Å². The summed E-state index contributed by atoms with van der Waals surface area (Å²) in [5, 5.41) is 3.71. The number of carbonyl (C=O) groups is 1. The Morgan fingerprint density at radius 1 is 1.04 bits per heavy atom. The third-order valence-electron chi connectivity index (χ3n) is 6.94. The van der Waals surface area contributed by atoms with E-state index in [4.69, 9.17) is 0 Å². The summed E-state index contributed by atoms with van der Waals surface area (Å²) in [5.41, 5.74) is 2.90. The predicted molar refractivity (Wildman–Crippen MR) is 99.3 cm³/mol. The number of aryl methyl sites for hydroxylation is 1. The Hall–Kier alpha value is -1.35. The van der Waals surface area contributed by atoms with E-state index in [1.807, 2.05) is 0 Å². The summed E-state index contributed by atoms with van der Waals surface area (Å²) in [6.07, 6.45) is 11.8. The number of nitrogens with zero attached hydrogens (tertiary/aromatic N) is 1. The number of hydrogen-bond acceptors (Lipinski definition) is 2. The third kappa shape index (κ3) is 3.12. The van der Waals surface area contributed by atoms with Gasteiger partial charge in [0.15, 0.2) is 0 Å². The van der Waals surface area contributed by atoms with Crippen LogP contribution in [-0.4, -0.2) is 28.9 Å². The van der Waals surface area contributed by atoms with Gasteiger partial charge in [0.25, 0.3) is 0 Å². The zero-order valence-electron chi connectivity index (χ0n) is 15.1. The maximum absolute atomic E-state index is 13.3. The first-order chi connectivity index (χ1) is 12.3. The molecule has 3 atom stereocenters. The second-order valence-electron chi connectivity index (χ2n) is 8.82. The van der Waals surface area contributed by atoms with Gasteiger partial charge in [-0.2, -0.15) is 0 Å². The number of nitrogens with one attached hydrogen (secondary N) is 1. The number of hydrogen-bond donors (Lipinski definition) is 1. The van der Waals surface area contributed by atoms with Crippen LogP contribution in [-0.2, 0) is 11.2 Å². The molecule has 2 heterocycles. The van der Waals surface area contributed by atoms with Crippen molar-refractivity contribution in [3.8, 4) is 0 Å². The van der Waals surface area contributed by atoms with E-state index in [9.17, 15) is 4.79 Å². The molecule has 2 aliphatic heterocycles. The van der Waals surface area contributed by atoms with Crippen molar-refractivity contribution in [1.82, 2.24) is 10.2 Å². The Morgan fingerprint density at radius 3 is 2.56 bits per heavy atom. The van der Waals surface area contributed by atoms with E-state index < -0.39 is 0 Å². The summed E-state index contributed by atoms with van der Waals surface area (Å²) in [6.45, 7) is 0. The number of carbonyl (C=O) groups excluding carboxylic acids is 1. The van der Waals surface area contributed by atoms with Crippen LogP contribution in [0, 0.1) is 5.92 Å². The molecular weight excluding hydrogens is 308 g/mol. The number of amides is 1. The number of piperidine rings is 1. The lowest BCUT2D eigenvalue weighted by molar-refractivity contribution is -0.136. The first-order valence-electron chi connectivity index (χ1n) is 10.4. The average molecular weight is 338 g/mol. The van der Waals surface area contributed by atoms with Gasteiger partial charge in [-0.1, -0.05) is 24.3 Å². The van der Waals surface area contributed by atoms with Crippen LogP contribution in [0.25, 0.3) is 0 Å². The standard InChI is InChI=1S/C22H30N2O/c25-22(14-15-12-17-8-9-18(13-15)23-17)24(19-10-11-19)21-7-3-5-16-4-1-2-6-20(16)21/h1-2,4,6,15,17-19,21,23H,3,5,7-14H2. The van der Waals surface area contributed by atoms with Crippen molar-refractivity contribution in [3.05, 3.63) is 35.4 Å². The minimum Gasteiger partial charge on any atom is -0.333 e. The van der Waals surface area contributed by atoms with Crippen LogP contribution in [0.2, 0.25) is 0 Å². The molecule has 134 valence electrons. The summed E-state index contributed by atoms with van der Waals surface area (Å²) in [7, 11) is 0. The van der Waals surface area contributed by atoms with Crippen molar-refractivity contribution in [3.63, 3.8) is 0 Å². The molecule has 0 spiro atoms. The van der Waals surface area contributed by atoms with Gasteiger partial charge in [-0.15, -0.1) is 0 Å². The van der Waals surface area contributed by atoms with Crippen molar-refractivity contribution in [2.45, 2.75) is 88.4 Å². The Kier molecular flexibility index (Phi) is 4.08. The SMILES string of the molecule is O=C(CC1CC2CCC(C1)N2)N(C1CC1)C1CCCc2ccccc21. The van der Waals surface area contributed by atoms with E-state index in [1.165, 1.54) is 62.5 Å². The highest BCUT2D eigenvalue weighted by Crippen LogP contribution is 2.42. The summed E-state index contributed by atoms with van der Waals surface area (Å²) in [6, 6.07) is 11.0. The van der Waals surface area contributed by atoms with Gasteiger partial charge in [0.1, 0.15) is 0 Å². The number of fused-ring (bicyclic) bond motifs is 3. The molecule has 2 bridgehead atoms. The summed E-state index contributed by atoms with van der Waals surface area (Å²) in [4.78, 5) is 15.7. The van der Waals surface area contributed by atoms with Gasteiger partial charge in [0.05, 0.1) is 6.04 Å². The highest BCUT2D eigenvalue weighted by Gasteiger charge is 2.41. The molecule has 5 rings (SSSR count). The largest absolute Gasteiger partial charge is 0.333 e. The molecule has 1 saturated carbocycles. The van der Waals surface area contributed by atoms with Crippen LogP contribution in [0.1, 0.15) is 75.0 Å². The summed E-state index contributed by atoms with van der Waals surface area (Å²) >= 11 is 0. The van der Waals surface area contributed by atoms with Gasteiger partial charge in [0, 0.05) is 24.5 Å². The first kappa shape index (κ1) is 15.9. The molecule has 2 aliphatic carbocycles. The smallest absolute Gasteiger partial charge is 0.223 e. The Labute approximate surface area is 151 Å². The van der Waals surface area contributed by atoms with Crippen LogP contribution < -0.4 is 5.32 Å². The third-order valence-corrected chi connectivity index (χ3v) is 6.94. The highest BCUT2D eigenvalue weighted by molar-refractivity contribution is 5.78. The molecule has 3 nitrogen and oxygen atoms in total. The Morgan fingerprint density at radius 2 is 1.80 bits per heavy atom. The lowest BCUT2D eigenvalue weighted by atomic mass is 9.85. The van der Waals surface area contributed by atoms with Gasteiger partial charge in [0.2, 0.25) is 5.91 Å².